The number of carbonyl (C=O) groups excluding carboxylic acids is 1. The molecule has 3 heterocycles. The highest BCUT2D eigenvalue weighted by Crippen LogP contribution is 2.36. The quantitative estimate of drug-likeness (QED) is 0.538. The van der Waals surface area contributed by atoms with Crippen molar-refractivity contribution >= 4 is 28.3 Å². The Bertz CT molecular complexity index is 809. The second kappa shape index (κ2) is 6.82. The van der Waals surface area contributed by atoms with Crippen LogP contribution in [0.4, 0.5) is 0 Å². The Kier molecular flexibility index (Phi) is 5.11. The van der Waals surface area contributed by atoms with E-state index in [9.17, 15) is 13.2 Å². The molecule has 0 spiro atoms. The highest BCUT2D eigenvalue weighted by molar-refractivity contribution is 7.91. The van der Waals surface area contributed by atoms with E-state index in [0.717, 1.165) is 0 Å². The molecule has 1 amide bonds. The van der Waals surface area contributed by atoms with Crippen LogP contribution in [0.25, 0.3) is 0 Å². The van der Waals surface area contributed by atoms with Crippen molar-refractivity contribution in [2.45, 2.75) is 57.4 Å². The molecule has 0 radical (unpaired) electrons. The summed E-state index contributed by atoms with van der Waals surface area (Å²) in [6.07, 6.45) is 3.56. The molecule has 0 aliphatic carbocycles. The molecule has 10 heteroatoms. The fourth-order valence-corrected chi connectivity index (χ4v) is 4.70. The van der Waals surface area contributed by atoms with Crippen LogP contribution in [0.5, 0.6) is 0 Å². The highest BCUT2D eigenvalue weighted by atomic mass is 32.2. The van der Waals surface area contributed by atoms with Crippen LogP contribution in [0.1, 0.15) is 41.0 Å². The molecule has 2 saturated heterocycles. The van der Waals surface area contributed by atoms with Crippen LogP contribution >= 0.6 is 0 Å². The number of hydrogen-bond donors (Lipinski definition) is 0. The summed E-state index contributed by atoms with van der Waals surface area (Å²) in [5.74, 6) is -0.185. The summed E-state index contributed by atoms with van der Waals surface area (Å²) in [6.45, 7) is 10.3. The Morgan fingerprint density at radius 1 is 1.22 bits per heavy atom. The standard InChI is InChI=1S/C17H26BN3O5S/c1-12(22)21-7-6-13(10-21)11-27(23,24)15-19-8-14(9-20-15)18-25-16(2,3)17(4,5)26-18/h8-9,13H,6-7,10-11H2,1-5H3. The molecule has 8 nitrogen and oxygen atoms in total. The van der Waals surface area contributed by atoms with Crippen LogP contribution in [-0.4, -0.2) is 66.4 Å². The van der Waals surface area contributed by atoms with E-state index in [-0.39, 0.29) is 22.7 Å². The molecule has 27 heavy (non-hydrogen) atoms. The molecule has 1 aromatic heterocycles. The minimum Gasteiger partial charge on any atom is -0.399 e. The number of hydrogen-bond acceptors (Lipinski definition) is 7. The lowest BCUT2D eigenvalue weighted by Crippen LogP contribution is -2.41. The van der Waals surface area contributed by atoms with Crippen molar-refractivity contribution < 1.29 is 22.5 Å². The number of likely N-dealkylation sites (tertiary alicyclic amines) is 1. The minimum atomic E-state index is -3.62. The van der Waals surface area contributed by atoms with Gasteiger partial charge < -0.3 is 14.2 Å². The van der Waals surface area contributed by atoms with Crippen molar-refractivity contribution in [1.82, 2.24) is 14.9 Å². The third kappa shape index (κ3) is 4.02. The maximum absolute atomic E-state index is 12.6. The molecule has 2 aliphatic rings. The van der Waals surface area contributed by atoms with Gasteiger partial charge in [0.2, 0.25) is 20.9 Å². The Balaban J connectivity index is 1.69. The van der Waals surface area contributed by atoms with E-state index >= 15 is 0 Å². The fraction of sp³-hybridized carbons (Fsp3) is 0.706. The van der Waals surface area contributed by atoms with Gasteiger partial charge in [-0.3, -0.25) is 4.79 Å². The van der Waals surface area contributed by atoms with Crippen molar-refractivity contribution in [3.05, 3.63) is 12.4 Å². The van der Waals surface area contributed by atoms with Crippen LogP contribution in [0.2, 0.25) is 0 Å². The summed E-state index contributed by atoms with van der Waals surface area (Å²) < 4.78 is 37.1. The van der Waals surface area contributed by atoms with Gasteiger partial charge in [-0.15, -0.1) is 0 Å². The number of rotatable bonds is 4. The van der Waals surface area contributed by atoms with E-state index in [1.807, 2.05) is 27.7 Å². The van der Waals surface area contributed by atoms with Crippen LogP contribution in [-0.2, 0) is 23.9 Å². The van der Waals surface area contributed by atoms with E-state index < -0.39 is 28.2 Å². The first-order valence-electron chi connectivity index (χ1n) is 9.07. The summed E-state index contributed by atoms with van der Waals surface area (Å²) in [6, 6.07) is 0. The number of nitrogens with zero attached hydrogens (tertiary/aromatic N) is 3. The average Bonchev–Trinajstić information content (AvgIpc) is 3.09. The molecule has 1 unspecified atom stereocenters. The number of amides is 1. The van der Waals surface area contributed by atoms with Gasteiger partial charge in [-0.2, -0.15) is 0 Å². The second-order valence-electron chi connectivity index (χ2n) is 8.29. The maximum atomic E-state index is 12.6. The molecule has 2 fully saturated rings. The molecule has 0 bridgehead atoms. The minimum absolute atomic E-state index is 0.0297. The zero-order valence-electron chi connectivity index (χ0n) is 16.4. The molecule has 0 saturated carbocycles. The Labute approximate surface area is 160 Å². The molecule has 1 atom stereocenters. The topological polar surface area (TPSA) is 98.7 Å². The molecular weight excluding hydrogens is 369 g/mol. The van der Waals surface area contributed by atoms with Crippen molar-refractivity contribution in [2.24, 2.45) is 5.92 Å². The van der Waals surface area contributed by atoms with Crippen molar-refractivity contribution in [1.29, 1.82) is 0 Å². The average molecular weight is 395 g/mol. The van der Waals surface area contributed by atoms with Crippen LogP contribution < -0.4 is 5.46 Å². The number of carbonyl (C=O) groups is 1. The third-order valence-electron chi connectivity index (χ3n) is 5.64. The lowest BCUT2D eigenvalue weighted by molar-refractivity contribution is -0.127. The fourth-order valence-electron chi connectivity index (χ4n) is 3.23. The van der Waals surface area contributed by atoms with E-state index in [1.54, 1.807) is 4.90 Å². The second-order valence-corrected chi connectivity index (χ2v) is 10.2. The first-order chi connectivity index (χ1) is 12.4. The molecule has 0 aromatic carbocycles. The molecule has 1 aromatic rings. The predicted octanol–water partition coefficient (Wildman–Crippen LogP) is 0.418. The Morgan fingerprint density at radius 3 is 2.26 bits per heavy atom. The van der Waals surface area contributed by atoms with Gasteiger partial charge in [-0.1, -0.05) is 0 Å². The molecule has 3 rings (SSSR count). The summed E-state index contributed by atoms with van der Waals surface area (Å²) >= 11 is 0. The lowest BCUT2D eigenvalue weighted by Gasteiger charge is -2.32. The largest absolute Gasteiger partial charge is 0.498 e. The van der Waals surface area contributed by atoms with Gasteiger partial charge in [-0.25, -0.2) is 18.4 Å². The van der Waals surface area contributed by atoms with Crippen LogP contribution in [0.3, 0.4) is 0 Å². The first-order valence-corrected chi connectivity index (χ1v) is 10.7. The summed E-state index contributed by atoms with van der Waals surface area (Å²) in [5, 5.41) is -0.205. The van der Waals surface area contributed by atoms with Gasteiger partial charge in [0.1, 0.15) is 0 Å². The summed E-state index contributed by atoms with van der Waals surface area (Å²) in [4.78, 5) is 21.2. The van der Waals surface area contributed by atoms with E-state index in [0.29, 0.717) is 25.0 Å². The van der Waals surface area contributed by atoms with Crippen LogP contribution in [0, 0.1) is 5.92 Å². The van der Waals surface area contributed by atoms with Gasteiger partial charge in [0.05, 0.1) is 17.0 Å². The third-order valence-corrected chi connectivity index (χ3v) is 7.32. The molecule has 0 N–H and O–H groups in total. The SMILES string of the molecule is CC(=O)N1CCC(CS(=O)(=O)c2ncc(B3OC(C)(C)C(C)(C)O3)cn2)C1. The molecular formula is C17H26BN3O5S. The van der Waals surface area contributed by atoms with Crippen molar-refractivity contribution in [2.75, 3.05) is 18.8 Å². The highest BCUT2D eigenvalue weighted by Gasteiger charge is 2.52. The lowest BCUT2D eigenvalue weighted by atomic mass is 9.81. The Morgan fingerprint density at radius 2 is 1.78 bits per heavy atom. The Hall–Kier alpha value is -1.52. The van der Waals surface area contributed by atoms with Crippen molar-refractivity contribution in [3.63, 3.8) is 0 Å². The zero-order valence-corrected chi connectivity index (χ0v) is 17.2. The van der Waals surface area contributed by atoms with Gasteiger partial charge in [0, 0.05) is 37.9 Å². The van der Waals surface area contributed by atoms with Gasteiger partial charge >= 0.3 is 7.12 Å². The monoisotopic (exact) mass is 395 g/mol. The van der Waals surface area contributed by atoms with E-state index in [2.05, 4.69) is 9.97 Å². The van der Waals surface area contributed by atoms with Crippen LogP contribution in [0.15, 0.2) is 17.6 Å². The normalized spacial score (nSPS) is 24.4. The molecule has 2 aliphatic heterocycles. The van der Waals surface area contributed by atoms with Gasteiger partial charge in [0.15, 0.2) is 0 Å². The number of sulfone groups is 1. The zero-order chi connectivity index (χ0) is 20.0. The predicted molar refractivity (Wildman–Crippen MR) is 100 cm³/mol. The maximum Gasteiger partial charge on any atom is 0.498 e. The first kappa shape index (κ1) is 20.2. The van der Waals surface area contributed by atoms with E-state index in [1.165, 1.54) is 19.3 Å². The smallest absolute Gasteiger partial charge is 0.399 e. The summed E-state index contributed by atoms with van der Waals surface area (Å²) in [5.41, 5.74) is -0.405. The summed E-state index contributed by atoms with van der Waals surface area (Å²) in [7, 11) is -4.25. The van der Waals surface area contributed by atoms with Gasteiger partial charge in [-0.05, 0) is 40.0 Å². The van der Waals surface area contributed by atoms with E-state index in [4.69, 9.17) is 9.31 Å². The van der Waals surface area contributed by atoms with Crippen molar-refractivity contribution in [3.8, 4) is 0 Å². The number of aromatic nitrogens is 2. The molecule has 148 valence electrons. The van der Waals surface area contributed by atoms with Gasteiger partial charge in [0.25, 0.3) is 0 Å².